The molecule has 0 aliphatic carbocycles. The Bertz CT molecular complexity index is 649. The topological polar surface area (TPSA) is 29.5 Å². The summed E-state index contributed by atoms with van der Waals surface area (Å²) in [6.07, 6.45) is 0. The van der Waals surface area contributed by atoms with Crippen LogP contribution < -0.4 is 9.64 Å². The van der Waals surface area contributed by atoms with Crippen molar-refractivity contribution in [2.45, 2.75) is 20.4 Å². The minimum Gasteiger partial charge on any atom is -0.496 e. The van der Waals surface area contributed by atoms with E-state index in [2.05, 4.69) is 24.0 Å². The fourth-order valence-electron chi connectivity index (χ4n) is 2.45. The molecule has 0 unspecified atom stereocenters. The Hall–Kier alpha value is -2.29. The van der Waals surface area contributed by atoms with E-state index in [-0.39, 0.29) is 5.78 Å². The van der Waals surface area contributed by atoms with Gasteiger partial charge < -0.3 is 9.64 Å². The molecule has 0 heterocycles. The summed E-state index contributed by atoms with van der Waals surface area (Å²) in [6.45, 7) is 4.36. The number of anilines is 1. The van der Waals surface area contributed by atoms with Crippen LogP contribution in [-0.4, -0.2) is 19.9 Å². The lowest BCUT2D eigenvalue weighted by Crippen LogP contribution is -2.18. The molecule has 0 aliphatic rings. The number of Topliss-reactive ketones (excluding diaryl/α,β-unsaturated/α-hetero) is 1. The zero-order valence-electron chi connectivity index (χ0n) is 13.0. The number of ketones is 1. The fraction of sp³-hybridized carbons (Fsp3) is 0.278. The first kappa shape index (κ1) is 15.1. The summed E-state index contributed by atoms with van der Waals surface area (Å²) >= 11 is 0. The Morgan fingerprint density at radius 2 is 1.90 bits per heavy atom. The van der Waals surface area contributed by atoms with Crippen LogP contribution in [0.4, 0.5) is 5.69 Å². The lowest BCUT2D eigenvalue weighted by atomic mass is 10.1. The molecule has 2 aromatic carbocycles. The van der Waals surface area contributed by atoms with Crippen LogP contribution in [0.3, 0.4) is 0 Å². The summed E-state index contributed by atoms with van der Waals surface area (Å²) in [7, 11) is 3.70. The van der Waals surface area contributed by atoms with Gasteiger partial charge in [0.25, 0.3) is 0 Å². The van der Waals surface area contributed by atoms with Crippen molar-refractivity contribution >= 4 is 11.5 Å². The van der Waals surface area contributed by atoms with Crippen molar-refractivity contribution in [1.29, 1.82) is 0 Å². The SMILES string of the molecule is COc1ccc(C(C)=O)cc1CN(C)c1ccccc1C. The van der Waals surface area contributed by atoms with Crippen molar-refractivity contribution < 1.29 is 9.53 Å². The van der Waals surface area contributed by atoms with Gasteiger partial charge in [-0.15, -0.1) is 0 Å². The zero-order chi connectivity index (χ0) is 15.4. The predicted molar refractivity (Wildman–Crippen MR) is 86.3 cm³/mol. The molecule has 0 bridgehead atoms. The number of para-hydroxylation sites is 1. The second-order valence-corrected chi connectivity index (χ2v) is 5.23. The van der Waals surface area contributed by atoms with Crippen molar-refractivity contribution in [1.82, 2.24) is 0 Å². The monoisotopic (exact) mass is 283 g/mol. The number of carbonyl (C=O) groups is 1. The number of hydrogen-bond donors (Lipinski definition) is 0. The number of rotatable bonds is 5. The Kier molecular flexibility index (Phi) is 4.63. The second kappa shape index (κ2) is 6.44. The summed E-state index contributed by atoms with van der Waals surface area (Å²) in [5.41, 5.74) is 4.12. The molecular weight excluding hydrogens is 262 g/mol. The molecule has 0 aromatic heterocycles. The molecule has 110 valence electrons. The highest BCUT2D eigenvalue weighted by Crippen LogP contribution is 2.25. The average Bonchev–Trinajstić information content (AvgIpc) is 2.47. The highest BCUT2D eigenvalue weighted by Gasteiger charge is 2.11. The van der Waals surface area contributed by atoms with E-state index in [1.807, 2.05) is 31.3 Å². The van der Waals surface area contributed by atoms with Gasteiger partial charge in [-0.3, -0.25) is 4.79 Å². The number of hydrogen-bond acceptors (Lipinski definition) is 3. The predicted octanol–water partition coefficient (Wildman–Crippen LogP) is 3.84. The minimum atomic E-state index is 0.0671. The molecule has 0 spiro atoms. The largest absolute Gasteiger partial charge is 0.496 e. The molecule has 21 heavy (non-hydrogen) atoms. The van der Waals surface area contributed by atoms with Crippen molar-refractivity contribution in [2.24, 2.45) is 0 Å². The molecule has 3 nitrogen and oxygen atoms in total. The van der Waals surface area contributed by atoms with E-state index in [4.69, 9.17) is 4.74 Å². The summed E-state index contributed by atoms with van der Waals surface area (Å²) in [4.78, 5) is 13.7. The first-order valence-electron chi connectivity index (χ1n) is 6.97. The van der Waals surface area contributed by atoms with Gasteiger partial charge in [0.15, 0.2) is 5.78 Å². The van der Waals surface area contributed by atoms with Crippen LogP contribution in [-0.2, 0) is 6.54 Å². The van der Waals surface area contributed by atoms with Gasteiger partial charge in [0.2, 0.25) is 0 Å². The molecule has 0 amide bonds. The van der Waals surface area contributed by atoms with Gasteiger partial charge in [0, 0.05) is 30.4 Å². The maximum Gasteiger partial charge on any atom is 0.159 e. The number of nitrogens with zero attached hydrogens (tertiary/aromatic N) is 1. The van der Waals surface area contributed by atoms with Gasteiger partial charge in [-0.05, 0) is 43.7 Å². The van der Waals surface area contributed by atoms with Gasteiger partial charge >= 0.3 is 0 Å². The van der Waals surface area contributed by atoms with Gasteiger partial charge in [-0.1, -0.05) is 18.2 Å². The lowest BCUT2D eigenvalue weighted by molar-refractivity contribution is 0.101. The lowest BCUT2D eigenvalue weighted by Gasteiger charge is -2.23. The molecule has 0 atom stereocenters. The van der Waals surface area contributed by atoms with E-state index < -0.39 is 0 Å². The first-order valence-corrected chi connectivity index (χ1v) is 6.97. The smallest absolute Gasteiger partial charge is 0.159 e. The van der Waals surface area contributed by atoms with Crippen LogP contribution in [0.2, 0.25) is 0 Å². The van der Waals surface area contributed by atoms with Crippen LogP contribution in [0.5, 0.6) is 5.75 Å². The third-order valence-electron chi connectivity index (χ3n) is 3.62. The normalized spacial score (nSPS) is 10.3. The average molecular weight is 283 g/mol. The van der Waals surface area contributed by atoms with Gasteiger partial charge in [-0.25, -0.2) is 0 Å². The van der Waals surface area contributed by atoms with E-state index in [0.717, 1.165) is 11.3 Å². The van der Waals surface area contributed by atoms with Crippen LogP contribution in [0.1, 0.15) is 28.4 Å². The quantitative estimate of drug-likeness (QED) is 0.781. The van der Waals surface area contributed by atoms with Crippen molar-refractivity contribution in [3.8, 4) is 5.75 Å². The molecule has 3 heteroatoms. The Morgan fingerprint density at radius 1 is 1.19 bits per heavy atom. The maximum absolute atomic E-state index is 11.6. The molecular formula is C18H21NO2. The molecule has 2 aromatic rings. The minimum absolute atomic E-state index is 0.0671. The molecule has 0 aliphatic heterocycles. The van der Waals surface area contributed by atoms with Gasteiger partial charge in [0.1, 0.15) is 5.75 Å². The Morgan fingerprint density at radius 3 is 2.52 bits per heavy atom. The molecule has 0 saturated carbocycles. The van der Waals surface area contributed by atoms with Crippen LogP contribution in [0.25, 0.3) is 0 Å². The van der Waals surface area contributed by atoms with Crippen LogP contribution in [0, 0.1) is 6.92 Å². The summed E-state index contributed by atoms with van der Waals surface area (Å²) in [6, 6.07) is 13.8. The Labute approximate surface area is 126 Å². The van der Waals surface area contributed by atoms with E-state index >= 15 is 0 Å². The van der Waals surface area contributed by atoms with E-state index in [1.165, 1.54) is 11.3 Å². The summed E-state index contributed by atoms with van der Waals surface area (Å²) in [5, 5.41) is 0. The van der Waals surface area contributed by atoms with Gasteiger partial charge in [-0.2, -0.15) is 0 Å². The standard InChI is InChI=1S/C18H21NO2/c1-13-7-5-6-8-17(13)19(3)12-16-11-15(14(2)20)9-10-18(16)21-4/h5-11H,12H2,1-4H3. The number of methoxy groups -OCH3 is 1. The third-order valence-corrected chi connectivity index (χ3v) is 3.62. The van der Waals surface area contributed by atoms with Gasteiger partial charge in [0.05, 0.1) is 7.11 Å². The van der Waals surface area contributed by atoms with Crippen molar-refractivity contribution in [3.63, 3.8) is 0 Å². The second-order valence-electron chi connectivity index (χ2n) is 5.23. The number of ether oxygens (including phenoxy) is 1. The van der Waals surface area contributed by atoms with Crippen molar-refractivity contribution in [2.75, 3.05) is 19.1 Å². The third kappa shape index (κ3) is 3.43. The highest BCUT2D eigenvalue weighted by molar-refractivity contribution is 5.94. The molecule has 0 radical (unpaired) electrons. The van der Waals surface area contributed by atoms with Crippen molar-refractivity contribution in [3.05, 3.63) is 59.2 Å². The Balaban J connectivity index is 2.31. The maximum atomic E-state index is 11.6. The summed E-state index contributed by atoms with van der Waals surface area (Å²) < 4.78 is 5.41. The van der Waals surface area contributed by atoms with E-state index in [9.17, 15) is 4.79 Å². The number of aryl methyl sites for hydroxylation is 1. The zero-order valence-corrected chi connectivity index (χ0v) is 13.0. The molecule has 2 rings (SSSR count). The summed E-state index contributed by atoms with van der Waals surface area (Å²) in [5.74, 6) is 0.873. The highest BCUT2D eigenvalue weighted by atomic mass is 16.5. The first-order chi connectivity index (χ1) is 10.0. The van der Waals surface area contributed by atoms with E-state index in [1.54, 1.807) is 20.1 Å². The fourth-order valence-corrected chi connectivity index (χ4v) is 2.45. The molecule has 0 N–H and O–H groups in total. The number of carbonyl (C=O) groups excluding carboxylic acids is 1. The molecule has 0 saturated heterocycles. The van der Waals surface area contributed by atoms with E-state index in [0.29, 0.717) is 12.1 Å². The number of benzene rings is 2. The molecule has 0 fully saturated rings. The van der Waals surface area contributed by atoms with Crippen LogP contribution >= 0.6 is 0 Å². The van der Waals surface area contributed by atoms with Crippen LogP contribution in [0.15, 0.2) is 42.5 Å².